The van der Waals surface area contributed by atoms with E-state index < -0.39 is 0 Å². The number of amides is 1. The van der Waals surface area contributed by atoms with Crippen LogP contribution in [0.4, 0.5) is 11.6 Å². The van der Waals surface area contributed by atoms with Gasteiger partial charge in [-0.2, -0.15) is 0 Å². The number of nitrogens with zero attached hydrogens (tertiary/aromatic N) is 3. The van der Waals surface area contributed by atoms with Crippen LogP contribution in [0.25, 0.3) is 10.8 Å². The van der Waals surface area contributed by atoms with E-state index in [1.807, 2.05) is 24.3 Å². The predicted octanol–water partition coefficient (Wildman–Crippen LogP) is 3.94. The van der Waals surface area contributed by atoms with E-state index in [9.17, 15) is 4.79 Å². The zero-order valence-electron chi connectivity index (χ0n) is 18.3. The molecule has 7 nitrogen and oxygen atoms in total. The van der Waals surface area contributed by atoms with Gasteiger partial charge in [-0.1, -0.05) is 30.7 Å². The summed E-state index contributed by atoms with van der Waals surface area (Å²) < 4.78 is 0. The van der Waals surface area contributed by atoms with Crippen LogP contribution in [0.2, 0.25) is 5.02 Å². The van der Waals surface area contributed by atoms with Crippen LogP contribution in [0.5, 0.6) is 0 Å². The molecule has 1 aliphatic heterocycles. The zero-order valence-corrected chi connectivity index (χ0v) is 19.0. The number of piperidine rings is 1. The first kappa shape index (κ1) is 22.3. The van der Waals surface area contributed by atoms with Gasteiger partial charge >= 0.3 is 0 Å². The van der Waals surface area contributed by atoms with Crippen molar-refractivity contribution >= 4 is 39.9 Å². The number of pyridine rings is 2. The summed E-state index contributed by atoms with van der Waals surface area (Å²) in [7, 11) is 0. The van der Waals surface area contributed by atoms with E-state index in [0.29, 0.717) is 34.7 Å². The molecule has 2 aromatic heterocycles. The third-order valence-electron chi connectivity index (χ3n) is 6.12. The first-order valence-electron chi connectivity index (χ1n) is 11.1. The molecule has 4 N–H and O–H groups in total. The SMILES string of the molecule is CCN1CCC(CNc2ncc(Cl)cc2C(=O)NCc2ccc3c(N)nccc3c2)CC1. The maximum absolute atomic E-state index is 13.0. The molecule has 4 rings (SSSR count). The molecule has 1 aliphatic rings. The molecule has 0 saturated carbocycles. The summed E-state index contributed by atoms with van der Waals surface area (Å²) in [5.41, 5.74) is 7.35. The van der Waals surface area contributed by atoms with Gasteiger partial charge in [-0.25, -0.2) is 9.97 Å². The molecule has 1 amide bonds. The molecule has 32 heavy (non-hydrogen) atoms. The number of likely N-dealkylation sites (tertiary alicyclic amines) is 1. The number of halogens is 1. The summed E-state index contributed by atoms with van der Waals surface area (Å²) >= 11 is 6.15. The Labute approximate surface area is 193 Å². The Morgan fingerprint density at radius 1 is 1.22 bits per heavy atom. The molecule has 1 fully saturated rings. The lowest BCUT2D eigenvalue weighted by atomic mass is 9.97. The molecule has 1 saturated heterocycles. The van der Waals surface area contributed by atoms with Crippen LogP contribution in [0.15, 0.2) is 42.7 Å². The van der Waals surface area contributed by atoms with Gasteiger partial charge in [0, 0.05) is 30.9 Å². The van der Waals surface area contributed by atoms with E-state index in [-0.39, 0.29) is 5.91 Å². The zero-order chi connectivity index (χ0) is 22.5. The Balaban J connectivity index is 1.40. The van der Waals surface area contributed by atoms with Crippen LogP contribution in [0, 0.1) is 5.92 Å². The smallest absolute Gasteiger partial charge is 0.255 e. The molecule has 0 atom stereocenters. The summed E-state index contributed by atoms with van der Waals surface area (Å²) in [5.74, 6) is 1.43. The monoisotopic (exact) mass is 452 g/mol. The number of hydrogen-bond acceptors (Lipinski definition) is 6. The average Bonchev–Trinajstić information content (AvgIpc) is 2.82. The van der Waals surface area contributed by atoms with E-state index in [1.165, 1.54) is 0 Å². The number of anilines is 2. The summed E-state index contributed by atoms with van der Waals surface area (Å²) in [5, 5.41) is 8.69. The lowest BCUT2D eigenvalue weighted by Crippen LogP contribution is -2.35. The molecule has 1 aromatic carbocycles. The third kappa shape index (κ3) is 5.29. The Morgan fingerprint density at radius 2 is 2.03 bits per heavy atom. The highest BCUT2D eigenvalue weighted by molar-refractivity contribution is 6.31. The van der Waals surface area contributed by atoms with Crippen molar-refractivity contribution in [3.8, 4) is 0 Å². The normalized spacial score (nSPS) is 15.1. The molecule has 168 valence electrons. The van der Waals surface area contributed by atoms with Gasteiger partial charge in [0.05, 0.1) is 10.6 Å². The fraction of sp³-hybridized carbons (Fsp3) is 0.375. The number of aromatic nitrogens is 2. The van der Waals surface area contributed by atoms with Crippen LogP contribution in [0.3, 0.4) is 0 Å². The quantitative estimate of drug-likeness (QED) is 0.502. The number of nitrogens with two attached hydrogens (primary N) is 1. The van der Waals surface area contributed by atoms with Crippen LogP contribution in [-0.4, -0.2) is 47.0 Å². The van der Waals surface area contributed by atoms with Gasteiger partial charge in [-0.15, -0.1) is 0 Å². The third-order valence-corrected chi connectivity index (χ3v) is 6.33. The van der Waals surface area contributed by atoms with Crippen molar-refractivity contribution in [2.75, 3.05) is 37.2 Å². The highest BCUT2D eigenvalue weighted by atomic mass is 35.5. The Hall–Kier alpha value is -2.90. The second-order valence-electron chi connectivity index (χ2n) is 8.24. The van der Waals surface area contributed by atoms with Gasteiger partial charge in [-0.05, 0) is 67.5 Å². The molecule has 0 aliphatic carbocycles. The van der Waals surface area contributed by atoms with Gasteiger partial charge in [0.2, 0.25) is 0 Å². The molecule has 0 bridgehead atoms. The summed E-state index contributed by atoms with van der Waals surface area (Å²) in [6.45, 7) is 6.73. The van der Waals surface area contributed by atoms with E-state index in [4.69, 9.17) is 17.3 Å². The highest BCUT2D eigenvalue weighted by Gasteiger charge is 2.19. The van der Waals surface area contributed by atoms with Crippen LogP contribution in [-0.2, 0) is 6.54 Å². The molecule has 3 heterocycles. The number of benzene rings is 1. The first-order valence-corrected chi connectivity index (χ1v) is 11.4. The van der Waals surface area contributed by atoms with Crippen molar-refractivity contribution in [3.63, 3.8) is 0 Å². The van der Waals surface area contributed by atoms with Crippen molar-refractivity contribution in [2.45, 2.75) is 26.3 Å². The Morgan fingerprint density at radius 3 is 2.81 bits per heavy atom. The van der Waals surface area contributed by atoms with Crippen LogP contribution >= 0.6 is 11.6 Å². The second-order valence-corrected chi connectivity index (χ2v) is 8.68. The van der Waals surface area contributed by atoms with E-state index >= 15 is 0 Å². The van der Waals surface area contributed by atoms with E-state index in [0.717, 1.165) is 55.4 Å². The van der Waals surface area contributed by atoms with Crippen molar-refractivity contribution in [1.82, 2.24) is 20.2 Å². The second kappa shape index (κ2) is 10.1. The summed E-state index contributed by atoms with van der Waals surface area (Å²) in [6.07, 6.45) is 5.56. The average molecular weight is 453 g/mol. The maximum atomic E-state index is 13.0. The number of nitrogens with one attached hydrogen (secondary N) is 2. The predicted molar refractivity (Wildman–Crippen MR) is 130 cm³/mol. The standard InChI is InChI=1S/C24H29ClN6O/c1-2-31-9-6-16(7-10-31)13-28-23-21(12-19(25)15-29-23)24(32)30-14-17-3-4-20-18(11-17)5-8-27-22(20)26/h3-5,8,11-12,15-16H,2,6-7,9-10,13-14H2,1H3,(H2,26,27)(H,28,29)(H,30,32). The van der Waals surface area contributed by atoms with E-state index in [2.05, 4.69) is 32.4 Å². The molecule has 3 aromatic rings. The van der Waals surface area contributed by atoms with Crippen molar-refractivity contribution in [3.05, 3.63) is 58.9 Å². The molecule has 8 heteroatoms. The summed E-state index contributed by atoms with van der Waals surface area (Å²) in [4.78, 5) is 23.9. The highest BCUT2D eigenvalue weighted by Crippen LogP contribution is 2.22. The number of fused-ring (bicyclic) bond motifs is 1. The largest absolute Gasteiger partial charge is 0.383 e. The fourth-order valence-electron chi connectivity index (χ4n) is 4.14. The fourth-order valence-corrected chi connectivity index (χ4v) is 4.30. The van der Waals surface area contributed by atoms with Crippen molar-refractivity contribution in [2.24, 2.45) is 5.92 Å². The van der Waals surface area contributed by atoms with Crippen LogP contribution in [0.1, 0.15) is 35.7 Å². The number of nitrogen functional groups attached to an aromatic ring is 1. The number of carbonyl (C=O) groups is 1. The Kier molecular flexibility index (Phi) is 7.07. The van der Waals surface area contributed by atoms with Gasteiger partial charge in [-0.3, -0.25) is 4.79 Å². The van der Waals surface area contributed by atoms with E-state index in [1.54, 1.807) is 18.5 Å². The maximum Gasteiger partial charge on any atom is 0.255 e. The van der Waals surface area contributed by atoms with Crippen LogP contribution < -0.4 is 16.4 Å². The van der Waals surface area contributed by atoms with Gasteiger partial charge in [0.15, 0.2) is 0 Å². The van der Waals surface area contributed by atoms with Gasteiger partial charge in [0.1, 0.15) is 11.6 Å². The van der Waals surface area contributed by atoms with Crippen molar-refractivity contribution in [1.29, 1.82) is 0 Å². The summed E-state index contributed by atoms with van der Waals surface area (Å²) in [6, 6.07) is 9.45. The molecule has 0 radical (unpaired) electrons. The Bertz CT molecular complexity index is 1100. The minimum Gasteiger partial charge on any atom is -0.383 e. The lowest BCUT2D eigenvalue weighted by molar-refractivity contribution is 0.0951. The molecular formula is C24H29ClN6O. The molecular weight excluding hydrogens is 424 g/mol. The number of carbonyl (C=O) groups excluding carboxylic acids is 1. The molecule has 0 spiro atoms. The lowest BCUT2D eigenvalue weighted by Gasteiger charge is -2.31. The number of hydrogen-bond donors (Lipinski definition) is 3. The minimum atomic E-state index is -0.211. The number of rotatable bonds is 7. The topological polar surface area (TPSA) is 96.2 Å². The minimum absolute atomic E-state index is 0.211. The van der Waals surface area contributed by atoms with Crippen molar-refractivity contribution < 1.29 is 4.79 Å². The first-order chi connectivity index (χ1) is 15.5. The van der Waals surface area contributed by atoms with Gasteiger partial charge in [0.25, 0.3) is 5.91 Å². The molecule has 0 unspecified atom stereocenters. The van der Waals surface area contributed by atoms with Gasteiger partial charge < -0.3 is 21.3 Å².